The van der Waals surface area contributed by atoms with Crippen LogP contribution in [0.15, 0.2) is 78.9 Å². The van der Waals surface area contributed by atoms with E-state index in [1.54, 1.807) is 6.92 Å². The molecule has 2 N–H and O–H groups in total. The molecule has 0 spiro atoms. The van der Waals surface area contributed by atoms with Gasteiger partial charge in [0, 0.05) is 12.5 Å². The number of aliphatic carboxylic acids is 1. The van der Waals surface area contributed by atoms with Crippen LogP contribution in [0.25, 0.3) is 11.1 Å². The number of carbonyl (C=O) groups is 3. The van der Waals surface area contributed by atoms with Crippen LogP contribution in [-0.2, 0) is 30.4 Å². The zero-order valence-electron chi connectivity index (χ0n) is 22.2. The molecule has 3 aromatic rings. The van der Waals surface area contributed by atoms with Gasteiger partial charge < -0.3 is 29.5 Å². The second-order valence-electron chi connectivity index (χ2n) is 9.93. The van der Waals surface area contributed by atoms with Gasteiger partial charge in [-0.1, -0.05) is 78.9 Å². The number of fused-ring (bicyclic) bond motifs is 3. The molecule has 3 unspecified atom stereocenters. The SMILES string of the molecule is CC(OCc1ccccc1)C(NC(=O)OCC1c2ccccc2-c2ccccc21)C(=O)N1CCOC(C(=O)O)C1. The topological polar surface area (TPSA) is 114 Å². The first-order valence-electron chi connectivity index (χ1n) is 13.3. The third-order valence-electron chi connectivity index (χ3n) is 7.36. The zero-order chi connectivity index (χ0) is 28.1. The first-order chi connectivity index (χ1) is 19.4. The van der Waals surface area contributed by atoms with Crippen molar-refractivity contribution >= 4 is 18.0 Å². The minimum atomic E-state index is -1.15. The second kappa shape index (κ2) is 12.3. The molecule has 1 saturated heterocycles. The Morgan fingerprint density at radius 1 is 0.975 bits per heavy atom. The van der Waals surface area contributed by atoms with Gasteiger partial charge in [-0.25, -0.2) is 9.59 Å². The molecular formula is C31H32N2O7. The Balaban J connectivity index is 1.28. The van der Waals surface area contributed by atoms with E-state index in [2.05, 4.69) is 17.4 Å². The highest BCUT2D eigenvalue weighted by molar-refractivity contribution is 5.87. The third-order valence-corrected chi connectivity index (χ3v) is 7.36. The van der Waals surface area contributed by atoms with E-state index >= 15 is 0 Å². The standard InChI is InChI=1S/C31H32N2O7/c1-20(39-18-21-9-3-2-4-10-21)28(29(34)33-15-16-38-27(17-33)30(35)36)32-31(37)40-19-26-24-13-7-5-11-22(24)23-12-6-8-14-25(23)26/h2-14,20,26-28H,15-19H2,1H3,(H,32,37)(H,35,36). The third kappa shape index (κ3) is 6.00. The highest BCUT2D eigenvalue weighted by Gasteiger charge is 2.37. The Hall–Kier alpha value is -4.21. The summed E-state index contributed by atoms with van der Waals surface area (Å²) < 4.78 is 16.9. The predicted octanol–water partition coefficient (Wildman–Crippen LogP) is 3.81. The summed E-state index contributed by atoms with van der Waals surface area (Å²) in [4.78, 5) is 39.5. The van der Waals surface area contributed by atoms with E-state index in [1.807, 2.05) is 66.7 Å². The summed E-state index contributed by atoms with van der Waals surface area (Å²) in [6.07, 6.45) is -2.61. The van der Waals surface area contributed by atoms with Crippen LogP contribution >= 0.6 is 0 Å². The Morgan fingerprint density at radius 3 is 2.25 bits per heavy atom. The van der Waals surface area contributed by atoms with Crippen molar-refractivity contribution in [2.75, 3.05) is 26.3 Å². The molecule has 1 heterocycles. The van der Waals surface area contributed by atoms with Crippen LogP contribution in [0.4, 0.5) is 4.79 Å². The molecule has 0 bridgehead atoms. The number of carbonyl (C=O) groups excluding carboxylic acids is 2. The normalized spacial score (nSPS) is 17.8. The number of carboxylic acids is 1. The first kappa shape index (κ1) is 27.4. The van der Waals surface area contributed by atoms with Crippen molar-refractivity contribution in [3.05, 3.63) is 95.6 Å². The Bertz CT molecular complexity index is 1320. The highest BCUT2D eigenvalue weighted by atomic mass is 16.6. The number of rotatable bonds is 9. The van der Waals surface area contributed by atoms with E-state index in [0.29, 0.717) is 0 Å². The van der Waals surface area contributed by atoms with Crippen molar-refractivity contribution in [1.82, 2.24) is 10.2 Å². The Kier molecular flexibility index (Phi) is 8.42. The number of nitrogens with zero attached hydrogens (tertiary/aromatic N) is 1. The molecule has 0 radical (unpaired) electrons. The molecule has 40 heavy (non-hydrogen) atoms. The highest BCUT2D eigenvalue weighted by Crippen LogP contribution is 2.44. The van der Waals surface area contributed by atoms with Crippen molar-refractivity contribution in [2.45, 2.75) is 37.7 Å². The van der Waals surface area contributed by atoms with E-state index in [-0.39, 0.29) is 38.8 Å². The van der Waals surface area contributed by atoms with Crippen molar-refractivity contribution in [3.8, 4) is 11.1 Å². The second-order valence-corrected chi connectivity index (χ2v) is 9.93. The van der Waals surface area contributed by atoms with Crippen LogP contribution in [0, 0.1) is 0 Å². The van der Waals surface area contributed by atoms with Gasteiger partial charge in [-0.05, 0) is 34.7 Å². The molecule has 3 aromatic carbocycles. The predicted molar refractivity (Wildman–Crippen MR) is 147 cm³/mol. The largest absolute Gasteiger partial charge is 0.479 e. The van der Waals surface area contributed by atoms with Gasteiger partial charge in [-0.2, -0.15) is 0 Å². The molecule has 5 rings (SSSR count). The van der Waals surface area contributed by atoms with Crippen molar-refractivity contribution in [3.63, 3.8) is 0 Å². The number of ether oxygens (including phenoxy) is 3. The van der Waals surface area contributed by atoms with Crippen molar-refractivity contribution in [1.29, 1.82) is 0 Å². The lowest BCUT2D eigenvalue weighted by Gasteiger charge is -2.35. The maximum absolute atomic E-state index is 13.6. The minimum Gasteiger partial charge on any atom is -0.479 e. The molecule has 208 valence electrons. The molecule has 0 saturated carbocycles. The quantitative estimate of drug-likeness (QED) is 0.421. The van der Waals surface area contributed by atoms with E-state index in [4.69, 9.17) is 14.2 Å². The number of morpholine rings is 1. The molecule has 1 aliphatic heterocycles. The summed E-state index contributed by atoms with van der Waals surface area (Å²) in [6.45, 7) is 2.20. The fourth-order valence-electron chi connectivity index (χ4n) is 5.24. The summed E-state index contributed by atoms with van der Waals surface area (Å²) in [5.74, 6) is -1.73. The average Bonchev–Trinajstić information content (AvgIpc) is 3.31. The molecule has 2 aliphatic rings. The molecule has 1 fully saturated rings. The van der Waals surface area contributed by atoms with E-state index < -0.39 is 36.2 Å². The molecular weight excluding hydrogens is 512 g/mol. The number of carboxylic acid groups (broad SMARTS) is 1. The summed E-state index contributed by atoms with van der Waals surface area (Å²) in [6, 6.07) is 24.5. The lowest BCUT2D eigenvalue weighted by Crippen LogP contribution is -2.58. The van der Waals surface area contributed by atoms with Crippen LogP contribution in [0.3, 0.4) is 0 Å². The van der Waals surface area contributed by atoms with Crippen LogP contribution < -0.4 is 5.32 Å². The molecule has 0 aromatic heterocycles. The molecule has 3 atom stereocenters. The van der Waals surface area contributed by atoms with Gasteiger partial charge in [-0.15, -0.1) is 0 Å². The van der Waals surface area contributed by atoms with Crippen LogP contribution in [0.2, 0.25) is 0 Å². The molecule has 1 aliphatic carbocycles. The fraction of sp³-hybridized carbons (Fsp3) is 0.323. The van der Waals surface area contributed by atoms with Crippen molar-refractivity contribution < 1.29 is 33.7 Å². The van der Waals surface area contributed by atoms with Gasteiger partial charge in [0.05, 0.1) is 25.9 Å². The molecule has 9 heteroatoms. The molecule has 9 nitrogen and oxygen atoms in total. The average molecular weight is 545 g/mol. The van der Waals surface area contributed by atoms with Crippen LogP contribution in [-0.4, -0.2) is 72.5 Å². The minimum absolute atomic E-state index is 0.0830. The lowest BCUT2D eigenvalue weighted by atomic mass is 9.98. The first-order valence-corrected chi connectivity index (χ1v) is 13.3. The number of nitrogens with one attached hydrogen (secondary N) is 1. The number of hydrogen-bond acceptors (Lipinski definition) is 6. The Morgan fingerprint density at radius 2 is 1.60 bits per heavy atom. The summed E-state index contributed by atoms with van der Waals surface area (Å²) in [5, 5.41) is 12.1. The smallest absolute Gasteiger partial charge is 0.407 e. The van der Waals surface area contributed by atoms with Gasteiger partial charge in [0.25, 0.3) is 0 Å². The van der Waals surface area contributed by atoms with Gasteiger partial charge in [0.2, 0.25) is 5.91 Å². The summed E-state index contributed by atoms with van der Waals surface area (Å²) in [5.41, 5.74) is 5.30. The van der Waals surface area contributed by atoms with E-state index in [0.717, 1.165) is 27.8 Å². The van der Waals surface area contributed by atoms with Crippen LogP contribution in [0.1, 0.15) is 29.5 Å². The lowest BCUT2D eigenvalue weighted by molar-refractivity contribution is -0.161. The number of hydrogen-bond donors (Lipinski definition) is 2. The van der Waals surface area contributed by atoms with Gasteiger partial charge in [-0.3, -0.25) is 4.79 Å². The van der Waals surface area contributed by atoms with Gasteiger partial charge in [0.15, 0.2) is 6.10 Å². The Labute approximate surface area is 232 Å². The maximum atomic E-state index is 13.6. The van der Waals surface area contributed by atoms with Gasteiger partial charge >= 0.3 is 12.1 Å². The molecule has 2 amide bonds. The number of alkyl carbamates (subject to hydrolysis) is 1. The zero-order valence-corrected chi connectivity index (χ0v) is 22.2. The van der Waals surface area contributed by atoms with Crippen molar-refractivity contribution in [2.24, 2.45) is 0 Å². The maximum Gasteiger partial charge on any atom is 0.407 e. The van der Waals surface area contributed by atoms with Gasteiger partial charge in [0.1, 0.15) is 12.6 Å². The van der Waals surface area contributed by atoms with Crippen LogP contribution in [0.5, 0.6) is 0 Å². The number of amides is 2. The summed E-state index contributed by atoms with van der Waals surface area (Å²) in [7, 11) is 0. The fourth-order valence-corrected chi connectivity index (χ4v) is 5.24. The van der Waals surface area contributed by atoms with E-state index in [1.165, 1.54) is 4.90 Å². The number of benzene rings is 3. The monoisotopic (exact) mass is 544 g/mol. The summed E-state index contributed by atoms with van der Waals surface area (Å²) >= 11 is 0. The van der Waals surface area contributed by atoms with E-state index in [9.17, 15) is 19.5 Å².